The van der Waals surface area contributed by atoms with Crippen molar-refractivity contribution in [3.05, 3.63) is 9.88 Å². The largest absolute Gasteiger partial charge is 0.477 e. The summed E-state index contributed by atoms with van der Waals surface area (Å²) >= 11 is 1.15. The Morgan fingerprint density at radius 2 is 2.14 bits per heavy atom. The van der Waals surface area contributed by atoms with Gasteiger partial charge in [-0.25, -0.2) is 9.78 Å². The number of carboxylic acid groups (broad SMARTS) is 1. The van der Waals surface area contributed by atoms with Crippen LogP contribution in [0.25, 0.3) is 0 Å². The Morgan fingerprint density at radius 1 is 1.45 bits per heavy atom. The summed E-state index contributed by atoms with van der Waals surface area (Å²) in [7, 11) is 0. The molecule has 1 aliphatic carbocycles. The lowest BCUT2D eigenvalue weighted by molar-refractivity contribution is 0.0688. The van der Waals surface area contributed by atoms with E-state index in [9.17, 15) is 9.90 Å². The zero-order valence-corrected chi connectivity index (χ0v) is 13.9. The Balaban J connectivity index is 1.86. The molecule has 7 heteroatoms. The maximum Gasteiger partial charge on any atom is 0.351 e. The van der Waals surface area contributed by atoms with E-state index in [1.807, 2.05) is 0 Å². The van der Waals surface area contributed by atoms with Crippen LogP contribution in [0.1, 0.15) is 53.7 Å². The van der Waals surface area contributed by atoms with E-state index in [0.29, 0.717) is 11.0 Å². The number of carbonyl (C=O) groups is 1. The number of nitrogens with zero attached hydrogens (tertiary/aromatic N) is 1. The van der Waals surface area contributed by atoms with E-state index < -0.39 is 5.97 Å². The standard InChI is InChI=1S/C15H24N2O4S/c1-3-10(8-18)17-11-4-6-12(7-5-11)21-14-13(15(19)20)22-9(2)16-14/h10-12,17-18H,3-8H2,1-2H3,(H,19,20). The molecule has 1 aliphatic rings. The summed E-state index contributed by atoms with van der Waals surface area (Å²) in [5.41, 5.74) is 0. The van der Waals surface area contributed by atoms with Crippen molar-refractivity contribution in [2.24, 2.45) is 0 Å². The molecule has 1 unspecified atom stereocenters. The molecule has 3 N–H and O–H groups in total. The number of hydrogen-bond acceptors (Lipinski definition) is 6. The first-order valence-corrected chi connectivity index (χ1v) is 8.59. The molecule has 1 heterocycles. The van der Waals surface area contributed by atoms with Gasteiger partial charge in [0.2, 0.25) is 5.88 Å². The second kappa shape index (κ2) is 7.89. The highest BCUT2D eigenvalue weighted by Gasteiger charge is 2.26. The Morgan fingerprint density at radius 3 is 2.68 bits per heavy atom. The molecule has 0 spiro atoms. The summed E-state index contributed by atoms with van der Waals surface area (Å²) < 4.78 is 5.82. The number of aromatic carboxylic acids is 1. The van der Waals surface area contributed by atoms with Crippen LogP contribution in [0.4, 0.5) is 0 Å². The SMILES string of the molecule is CCC(CO)NC1CCC(Oc2nc(C)sc2C(=O)O)CC1. The third-order valence-corrected chi connectivity index (χ3v) is 4.97. The monoisotopic (exact) mass is 328 g/mol. The van der Waals surface area contributed by atoms with Gasteiger partial charge in [0.1, 0.15) is 6.10 Å². The Bertz CT molecular complexity index is 494. The van der Waals surface area contributed by atoms with Crippen molar-refractivity contribution in [3.8, 4) is 5.88 Å². The van der Waals surface area contributed by atoms with Crippen LogP contribution in [0.2, 0.25) is 0 Å². The summed E-state index contributed by atoms with van der Waals surface area (Å²) in [6.07, 6.45) is 4.60. The van der Waals surface area contributed by atoms with Crippen LogP contribution in [0.5, 0.6) is 5.88 Å². The number of aryl methyl sites for hydroxylation is 1. The van der Waals surface area contributed by atoms with E-state index in [4.69, 9.17) is 9.84 Å². The van der Waals surface area contributed by atoms with Crippen LogP contribution in [0, 0.1) is 6.92 Å². The number of hydrogen-bond donors (Lipinski definition) is 3. The number of thiazole rings is 1. The lowest BCUT2D eigenvalue weighted by Crippen LogP contribution is -2.43. The summed E-state index contributed by atoms with van der Waals surface area (Å²) in [4.78, 5) is 15.5. The van der Waals surface area contributed by atoms with Gasteiger partial charge in [0, 0.05) is 12.1 Å². The average molecular weight is 328 g/mol. The molecule has 0 aromatic carbocycles. The van der Waals surface area contributed by atoms with E-state index in [0.717, 1.165) is 43.4 Å². The normalized spacial score (nSPS) is 23.2. The van der Waals surface area contributed by atoms with Gasteiger partial charge in [0.15, 0.2) is 4.88 Å². The van der Waals surface area contributed by atoms with Gasteiger partial charge < -0.3 is 20.3 Å². The Kier molecular flexibility index (Phi) is 6.16. The van der Waals surface area contributed by atoms with Gasteiger partial charge >= 0.3 is 5.97 Å². The van der Waals surface area contributed by atoms with Gasteiger partial charge in [-0.1, -0.05) is 6.92 Å². The molecule has 1 atom stereocenters. The van der Waals surface area contributed by atoms with Crippen molar-refractivity contribution in [3.63, 3.8) is 0 Å². The smallest absolute Gasteiger partial charge is 0.351 e. The van der Waals surface area contributed by atoms with E-state index in [-0.39, 0.29) is 29.5 Å². The van der Waals surface area contributed by atoms with Crippen LogP contribution >= 0.6 is 11.3 Å². The highest BCUT2D eigenvalue weighted by atomic mass is 32.1. The highest BCUT2D eigenvalue weighted by molar-refractivity contribution is 7.13. The molecule has 124 valence electrons. The third kappa shape index (κ3) is 4.41. The molecule has 1 aromatic rings. The van der Waals surface area contributed by atoms with Crippen molar-refractivity contribution in [2.75, 3.05) is 6.61 Å². The topological polar surface area (TPSA) is 91.7 Å². The molecule has 0 amide bonds. The number of aliphatic hydroxyl groups excluding tert-OH is 1. The molecular formula is C15H24N2O4S. The Hall–Kier alpha value is -1.18. The maximum absolute atomic E-state index is 11.2. The van der Waals surface area contributed by atoms with Crippen LogP contribution < -0.4 is 10.1 Å². The first-order valence-electron chi connectivity index (χ1n) is 7.77. The van der Waals surface area contributed by atoms with Crippen LogP contribution in [-0.2, 0) is 0 Å². The van der Waals surface area contributed by atoms with Gasteiger partial charge in [-0.2, -0.15) is 0 Å². The van der Waals surface area contributed by atoms with Gasteiger partial charge in [-0.15, -0.1) is 11.3 Å². The molecule has 2 rings (SSSR count). The van der Waals surface area contributed by atoms with Crippen molar-refractivity contribution in [1.29, 1.82) is 0 Å². The van der Waals surface area contributed by atoms with Gasteiger partial charge in [-0.3, -0.25) is 0 Å². The third-order valence-electron chi connectivity index (χ3n) is 4.03. The predicted octanol–water partition coefficient (Wildman–Crippen LogP) is 2.20. The van der Waals surface area contributed by atoms with E-state index >= 15 is 0 Å². The number of rotatable bonds is 7. The van der Waals surface area contributed by atoms with Crippen LogP contribution in [0.3, 0.4) is 0 Å². The fourth-order valence-electron chi connectivity index (χ4n) is 2.76. The first kappa shape index (κ1) is 17.2. The zero-order valence-electron chi connectivity index (χ0n) is 13.0. The van der Waals surface area contributed by atoms with Crippen molar-refractivity contribution >= 4 is 17.3 Å². The summed E-state index contributed by atoms with van der Waals surface area (Å²) in [5.74, 6) is -0.724. The minimum atomic E-state index is -0.982. The average Bonchev–Trinajstić information content (AvgIpc) is 2.87. The molecule has 22 heavy (non-hydrogen) atoms. The molecule has 0 saturated heterocycles. The minimum absolute atomic E-state index is 0.0202. The summed E-state index contributed by atoms with van der Waals surface area (Å²) in [6, 6.07) is 0.551. The van der Waals surface area contributed by atoms with E-state index in [2.05, 4.69) is 17.2 Å². The number of aromatic nitrogens is 1. The second-order valence-corrected chi connectivity index (χ2v) is 6.92. The Labute approximate surface area is 134 Å². The fourth-order valence-corrected chi connectivity index (χ4v) is 3.45. The number of nitrogens with one attached hydrogen (secondary N) is 1. The second-order valence-electron chi connectivity index (χ2n) is 5.72. The molecule has 0 aliphatic heterocycles. The minimum Gasteiger partial charge on any atom is -0.477 e. The maximum atomic E-state index is 11.2. The number of ether oxygens (including phenoxy) is 1. The summed E-state index contributed by atoms with van der Waals surface area (Å²) in [5, 5.41) is 22.6. The summed E-state index contributed by atoms with van der Waals surface area (Å²) in [6.45, 7) is 4.00. The molecule has 6 nitrogen and oxygen atoms in total. The van der Waals surface area contributed by atoms with Crippen molar-refractivity contribution in [1.82, 2.24) is 10.3 Å². The molecule has 0 bridgehead atoms. The van der Waals surface area contributed by atoms with E-state index in [1.54, 1.807) is 6.92 Å². The van der Waals surface area contributed by atoms with Crippen LogP contribution in [-0.4, -0.2) is 46.0 Å². The van der Waals surface area contributed by atoms with Crippen molar-refractivity contribution in [2.45, 2.75) is 64.1 Å². The molecule has 1 aromatic heterocycles. The number of aliphatic hydroxyl groups is 1. The van der Waals surface area contributed by atoms with Crippen molar-refractivity contribution < 1.29 is 19.7 Å². The molecule has 0 radical (unpaired) electrons. The van der Waals surface area contributed by atoms with Gasteiger partial charge in [-0.05, 0) is 39.0 Å². The zero-order chi connectivity index (χ0) is 16.1. The van der Waals surface area contributed by atoms with Gasteiger partial charge in [0.25, 0.3) is 0 Å². The molecular weight excluding hydrogens is 304 g/mol. The number of carboxylic acids is 1. The highest BCUT2D eigenvalue weighted by Crippen LogP contribution is 2.29. The lowest BCUT2D eigenvalue weighted by atomic mass is 9.92. The fraction of sp³-hybridized carbons (Fsp3) is 0.733. The van der Waals surface area contributed by atoms with Gasteiger partial charge in [0.05, 0.1) is 11.6 Å². The predicted molar refractivity (Wildman–Crippen MR) is 84.8 cm³/mol. The van der Waals surface area contributed by atoms with E-state index in [1.165, 1.54) is 0 Å². The lowest BCUT2D eigenvalue weighted by Gasteiger charge is -2.31. The quantitative estimate of drug-likeness (QED) is 0.711. The van der Waals surface area contributed by atoms with Crippen LogP contribution in [0.15, 0.2) is 0 Å². The molecule has 1 saturated carbocycles. The first-order chi connectivity index (χ1) is 10.5. The molecule has 1 fully saturated rings.